The fourth-order valence-electron chi connectivity index (χ4n) is 3.10. The van der Waals surface area contributed by atoms with E-state index >= 15 is 0 Å². The lowest BCUT2D eigenvalue weighted by Crippen LogP contribution is -2.28. The normalized spacial score (nSPS) is 15.3. The van der Waals surface area contributed by atoms with Crippen LogP contribution in [0.25, 0.3) is 22.6 Å². The topological polar surface area (TPSA) is 138 Å². The van der Waals surface area contributed by atoms with Crippen molar-refractivity contribution in [1.82, 2.24) is 25.2 Å². The van der Waals surface area contributed by atoms with Gasteiger partial charge in [-0.1, -0.05) is 6.07 Å². The van der Waals surface area contributed by atoms with Gasteiger partial charge in [-0.05, 0) is 34.7 Å². The van der Waals surface area contributed by atoms with Crippen LogP contribution in [0.15, 0.2) is 36.5 Å². The molecule has 1 aliphatic heterocycles. The van der Waals surface area contributed by atoms with Crippen LogP contribution in [0.1, 0.15) is 0 Å². The standard InChI is InChI=1S/C19H18FN7O4.ClH/c1-26-18(23-24-25-26)16-5-2-11(8-22-16)14-4-3-12(6-15(14)20)27-9-13(31-19(27)29)10-30-17(28)7-21;/h2-6,8,13H,7,9-10,21H2,1H3;1H/t13-;/m1./s1. The molecule has 13 heteroatoms. The molecular weight excluding hydrogens is 445 g/mol. The smallest absolute Gasteiger partial charge is 0.414 e. The number of carbonyl (C=O) groups excluding carboxylic acids is 2. The van der Waals surface area contributed by atoms with Crippen LogP contribution in [0.5, 0.6) is 0 Å². The van der Waals surface area contributed by atoms with Gasteiger partial charge in [0.2, 0.25) is 0 Å². The predicted octanol–water partition coefficient (Wildman–Crippen LogP) is 1.33. The van der Waals surface area contributed by atoms with E-state index in [0.717, 1.165) is 0 Å². The molecule has 11 nitrogen and oxygen atoms in total. The first-order valence-corrected chi connectivity index (χ1v) is 9.29. The summed E-state index contributed by atoms with van der Waals surface area (Å²) in [5.74, 6) is -0.639. The van der Waals surface area contributed by atoms with Crippen LogP contribution in [0, 0.1) is 5.82 Å². The highest BCUT2D eigenvalue weighted by atomic mass is 35.5. The number of carbonyl (C=O) groups is 2. The van der Waals surface area contributed by atoms with E-state index in [-0.39, 0.29) is 32.1 Å². The number of ether oxygens (including phenoxy) is 2. The van der Waals surface area contributed by atoms with Crippen LogP contribution in [-0.4, -0.2) is 63.1 Å². The molecule has 2 aromatic heterocycles. The maximum atomic E-state index is 14.8. The van der Waals surface area contributed by atoms with Gasteiger partial charge < -0.3 is 15.2 Å². The second kappa shape index (κ2) is 9.66. The monoisotopic (exact) mass is 463 g/mol. The number of anilines is 1. The summed E-state index contributed by atoms with van der Waals surface area (Å²) in [6, 6.07) is 7.81. The number of benzene rings is 1. The molecule has 32 heavy (non-hydrogen) atoms. The average Bonchev–Trinajstić information content (AvgIpc) is 3.37. The third-order valence-electron chi connectivity index (χ3n) is 4.66. The summed E-state index contributed by atoms with van der Waals surface area (Å²) >= 11 is 0. The van der Waals surface area contributed by atoms with Crippen molar-refractivity contribution in [2.24, 2.45) is 12.8 Å². The molecule has 1 amide bonds. The van der Waals surface area contributed by atoms with Crippen LogP contribution < -0.4 is 10.6 Å². The van der Waals surface area contributed by atoms with Gasteiger partial charge in [0.1, 0.15) is 18.1 Å². The minimum absolute atomic E-state index is 0. The number of esters is 1. The van der Waals surface area contributed by atoms with Crippen LogP contribution in [0.2, 0.25) is 0 Å². The van der Waals surface area contributed by atoms with E-state index in [9.17, 15) is 14.0 Å². The molecule has 1 saturated heterocycles. The van der Waals surface area contributed by atoms with Gasteiger partial charge in [-0.15, -0.1) is 17.5 Å². The molecule has 0 saturated carbocycles. The van der Waals surface area contributed by atoms with Gasteiger partial charge in [-0.2, -0.15) is 0 Å². The Kier molecular flexibility index (Phi) is 6.95. The van der Waals surface area contributed by atoms with Crippen molar-refractivity contribution in [3.05, 3.63) is 42.3 Å². The molecule has 2 N–H and O–H groups in total. The Morgan fingerprint density at radius 1 is 1.34 bits per heavy atom. The third-order valence-corrected chi connectivity index (χ3v) is 4.66. The highest BCUT2D eigenvalue weighted by molar-refractivity contribution is 5.90. The highest BCUT2D eigenvalue weighted by Gasteiger charge is 2.33. The van der Waals surface area contributed by atoms with E-state index in [1.54, 1.807) is 31.3 Å². The van der Waals surface area contributed by atoms with Crippen molar-refractivity contribution in [3.8, 4) is 22.6 Å². The average molecular weight is 464 g/mol. The van der Waals surface area contributed by atoms with E-state index in [1.807, 2.05) is 0 Å². The Balaban J connectivity index is 0.00000289. The van der Waals surface area contributed by atoms with E-state index < -0.39 is 24.0 Å². The van der Waals surface area contributed by atoms with Gasteiger partial charge in [-0.3, -0.25) is 14.7 Å². The minimum atomic E-state index is -0.655. The van der Waals surface area contributed by atoms with Gasteiger partial charge in [-0.25, -0.2) is 13.9 Å². The highest BCUT2D eigenvalue weighted by Crippen LogP contribution is 2.29. The SMILES string of the molecule is Cl.Cn1nnnc1-c1ccc(-c2ccc(N3C[C@H](COC(=O)CN)OC3=O)cc2F)cn1. The number of tetrazole rings is 1. The summed E-state index contributed by atoms with van der Waals surface area (Å²) in [5, 5.41) is 11.2. The zero-order chi connectivity index (χ0) is 22.0. The van der Waals surface area contributed by atoms with Crippen LogP contribution in [0.4, 0.5) is 14.9 Å². The molecule has 0 radical (unpaired) electrons. The fourth-order valence-corrected chi connectivity index (χ4v) is 3.10. The summed E-state index contributed by atoms with van der Waals surface area (Å²) in [4.78, 5) is 28.9. The molecule has 4 rings (SSSR count). The number of rotatable bonds is 6. The summed E-state index contributed by atoms with van der Waals surface area (Å²) < 4.78 is 26.4. The van der Waals surface area contributed by atoms with Crippen molar-refractivity contribution in [2.75, 3.05) is 24.6 Å². The number of halogens is 2. The zero-order valence-corrected chi connectivity index (χ0v) is 17.7. The van der Waals surface area contributed by atoms with E-state index in [4.69, 9.17) is 15.2 Å². The Hall–Kier alpha value is -3.64. The van der Waals surface area contributed by atoms with Crippen LogP contribution >= 0.6 is 12.4 Å². The first-order chi connectivity index (χ1) is 15.0. The number of hydrogen-bond acceptors (Lipinski definition) is 9. The first kappa shape index (κ1) is 23.0. The lowest BCUT2D eigenvalue weighted by atomic mass is 10.1. The Bertz CT molecular complexity index is 1130. The van der Waals surface area contributed by atoms with E-state index in [2.05, 4.69) is 20.5 Å². The number of nitrogens with two attached hydrogens (primary N) is 1. The van der Waals surface area contributed by atoms with Gasteiger partial charge in [0.25, 0.3) is 0 Å². The number of pyridine rings is 1. The fraction of sp³-hybridized carbons (Fsp3) is 0.263. The molecule has 1 atom stereocenters. The maximum Gasteiger partial charge on any atom is 0.414 e. The Morgan fingerprint density at radius 3 is 2.78 bits per heavy atom. The number of cyclic esters (lactones) is 1. The lowest BCUT2D eigenvalue weighted by Gasteiger charge is -2.14. The molecule has 1 aromatic carbocycles. The molecule has 3 heterocycles. The number of hydrogen-bond donors (Lipinski definition) is 1. The van der Waals surface area contributed by atoms with Crippen molar-refractivity contribution >= 4 is 30.2 Å². The molecule has 0 aliphatic carbocycles. The summed E-state index contributed by atoms with van der Waals surface area (Å²) in [6.45, 7) is -0.252. The number of aryl methyl sites for hydroxylation is 1. The minimum Gasteiger partial charge on any atom is -0.461 e. The number of aromatic nitrogens is 5. The molecular formula is C19H19ClFN7O4. The zero-order valence-electron chi connectivity index (χ0n) is 16.8. The number of nitrogens with zero attached hydrogens (tertiary/aromatic N) is 6. The molecule has 1 fully saturated rings. The maximum absolute atomic E-state index is 14.8. The van der Waals surface area contributed by atoms with Crippen molar-refractivity contribution in [1.29, 1.82) is 0 Å². The van der Waals surface area contributed by atoms with Gasteiger partial charge in [0.15, 0.2) is 11.9 Å². The molecule has 0 bridgehead atoms. The summed E-state index contributed by atoms with van der Waals surface area (Å²) in [6.07, 6.45) is 0.218. The number of amides is 1. The van der Waals surface area contributed by atoms with Gasteiger partial charge >= 0.3 is 12.1 Å². The van der Waals surface area contributed by atoms with Crippen LogP contribution in [0.3, 0.4) is 0 Å². The molecule has 168 valence electrons. The molecule has 0 unspecified atom stereocenters. The predicted molar refractivity (Wildman–Crippen MR) is 112 cm³/mol. The second-order valence-electron chi connectivity index (χ2n) is 6.73. The summed E-state index contributed by atoms with van der Waals surface area (Å²) in [7, 11) is 1.69. The largest absolute Gasteiger partial charge is 0.461 e. The van der Waals surface area contributed by atoms with Crippen molar-refractivity contribution in [2.45, 2.75) is 6.10 Å². The quantitative estimate of drug-likeness (QED) is 0.536. The molecule has 1 aliphatic rings. The van der Waals surface area contributed by atoms with Gasteiger partial charge in [0.05, 0.1) is 18.8 Å². The third kappa shape index (κ3) is 4.65. The van der Waals surface area contributed by atoms with Crippen molar-refractivity contribution in [3.63, 3.8) is 0 Å². The Labute approximate surface area is 187 Å². The van der Waals surface area contributed by atoms with E-state index in [1.165, 1.54) is 21.8 Å². The second-order valence-corrected chi connectivity index (χ2v) is 6.73. The lowest BCUT2D eigenvalue weighted by molar-refractivity contribution is -0.144. The summed E-state index contributed by atoms with van der Waals surface area (Å²) in [5.41, 5.74) is 6.92. The van der Waals surface area contributed by atoms with Crippen molar-refractivity contribution < 1.29 is 23.5 Å². The molecule has 0 spiro atoms. The van der Waals surface area contributed by atoms with Gasteiger partial charge in [0, 0.05) is 24.4 Å². The first-order valence-electron chi connectivity index (χ1n) is 9.29. The van der Waals surface area contributed by atoms with Crippen LogP contribution in [-0.2, 0) is 21.3 Å². The Morgan fingerprint density at radius 2 is 2.16 bits per heavy atom. The van der Waals surface area contributed by atoms with E-state index in [0.29, 0.717) is 28.3 Å². The molecule has 3 aromatic rings.